The summed E-state index contributed by atoms with van der Waals surface area (Å²) in [7, 11) is -3.79. The van der Waals surface area contributed by atoms with Gasteiger partial charge in [0.25, 0.3) is 10.0 Å². The molecule has 0 aliphatic heterocycles. The van der Waals surface area contributed by atoms with Crippen LogP contribution in [0.2, 0.25) is 0 Å². The highest BCUT2D eigenvalue weighted by molar-refractivity contribution is 7.90. The van der Waals surface area contributed by atoms with Gasteiger partial charge < -0.3 is 5.11 Å². The molecule has 0 radical (unpaired) electrons. The van der Waals surface area contributed by atoms with Gasteiger partial charge in [-0.25, -0.2) is 12.4 Å². The third-order valence-electron chi connectivity index (χ3n) is 2.93. The lowest BCUT2D eigenvalue weighted by Crippen LogP contribution is -2.12. The van der Waals surface area contributed by atoms with E-state index in [9.17, 15) is 13.5 Å². The molecule has 4 nitrogen and oxygen atoms in total. The van der Waals surface area contributed by atoms with Gasteiger partial charge in [-0.3, -0.25) is 0 Å². The molecule has 0 saturated heterocycles. The SMILES string of the molecule is O=S(=O)(c1ccccc1)n1c(O)cc2ccccc21. The number of nitrogens with zero attached hydrogens (tertiary/aromatic N) is 1. The Morgan fingerprint density at radius 2 is 1.53 bits per heavy atom. The smallest absolute Gasteiger partial charge is 0.271 e. The summed E-state index contributed by atoms with van der Waals surface area (Å²) in [4.78, 5) is 0.145. The fraction of sp³-hybridized carbons (Fsp3) is 0. The predicted octanol–water partition coefficient (Wildman–Crippen LogP) is 2.58. The number of benzene rings is 2. The number of hydrogen-bond acceptors (Lipinski definition) is 3. The highest BCUT2D eigenvalue weighted by Gasteiger charge is 2.22. The van der Waals surface area contributed by atoms with Crippen LogP contribution in [0, 0.1) is 0 Å². The standard InChI is InChI=1S/C14H11NO3S/c16-14-10-11-6-4-5-9-13(11)15(14)19(17,18)12-7-2-1-3-8-12/h1-10,16H. The van der Waals surface area contributed by atoms with Gasteiger partial charge in [0.05, 0.1) is 10.4 Å². The summed E-state index contributed by atoms with van der Waals surface area (Å²) in [5.41, 5.74) is 0.462. The lowest BCUT2D eigenvalue weighted by Gasteiger charge is -2.08. The maximum absolute atomic E-state index is 12.5. The fourth-order valence-electron chi connectivity index (χ4n) is 2.07. The number of rotatable bonds is 2. The van der Waals surface area contributed by atoms with Crippen LogP contribution in [0.4, 0.5) is 0 Å². The molecule has 3 aromatic rings. The molecule has 0 unspecified atom stereocenters. The minimum atomic E-state index is -3.79. The Hall–Kier alpha value is -2.27. The monoisotopic (exact) mass is 273 g/mol. The van der Waals surface area contributed by atoms with Crippen LogP contribution in [-0.2, 0) is 10.0 Å². The molecule has 0 spiro atoms. The number of aromatic hydroxyl groups is 1. The third kappa shape index (κ3) is 1.79. The van der Waals surface area contributed by atoms with Crippen molar-refractivity contribution in [2.75, 3.05) is 0 Å². The Balaban J connectivity index is 2.34. The van der Waals surface area contributed by atoms with Crippen LogP contribution in [-0.4, -0.2) is 17.5 Å². The number of para-hydroxylation sites is 1. The van der Waals surface area contributed by atoms with Crippen LogP contribution >= 0.6 is 0 Å². The van der Waals surface area contributed by atoms with E-state index in [1.54, 1.807) is 42.5 Å². The van der Waals surface area contributed by atoms with E-state index in [4.69, 9.17) is 0 Å². The Morgan fingerprint density at radius 1 is 0.895 bits per heavy atom. The molecule has 19 heavy (non-hydrogen) atoms. The van der Waals surface area contributed by atoms with E-state index in [0.29, 0.717) is 10.9 Å². The molecule has 0 amide bonds. The Kier molecular flexibility index (Phi) is 2.57. The van der Waals surface area contributed by atoms with E-state index in [1.165, 1.54) is 18.2 Å². The lowest BCUT2D eigenvalue weighted by molar-refractivity contribution is 0.447. The summed E-state index contributed by atoms with van der Waals surface area (Å²) in [6.45, 7) is 0. The van der Waals surface area contributed by atoms with E-state index in [-0.39, 0.29) is 10.8 Å². The van der Waals surface area contributed by atoms with Crippen molar-refractivity contribution in [1.29, 1.82) is 0 Å². The topological polar surface area (TPSA) is 59.3 Å². The second-order valence-corrected chi connectivity index (χ2v) is 5.93. The number of hydrogen-bond donors (Lipinski definition) is 1. The first kappa shape index (κ1) is 11.8. The van der Waals surface area contributed by atoms with Gasteiger partial charge in [-0.1, -0.05) is 36.4 Å². The van der Waals surface area contributed by atoms with Crippen molar-refractivity contribution in [2.24, 2.45) is 0 Å². The average Bonchev–Trinajstić information content (AvgIpc) is 2.76. The first-order chi connectivity index (χ1) is 9.10. The Morgan fingerprint density at radius 3 is 2.26 bits per heavy atom. The van der Waals surface area contributed by atoms with Crippen LogP contribution < -0.4 is 0 Å². The van der Waals surface area contributed by atoms with Crippen LogP contribution in [0.15, 0.2) is 65.6 Å². The molecular weight excluding hydrogens is 262 g/mol. The zero-order chi connectivity index (χ0) is 13.5. The number of fused-ring (bicyclic) bond motifs is 1. The molecule has 0 atom stereocenters. The molecule has 3 rings (SSSR count). The van der Waals surface area contributed by atoms with Gasteiger partial charge in [0.15, 0.2) is 0 Å². The van der Waals surface area contributed by atoms with Crippen LogP contribution in [0.3, 0.4) is 0 Å². The van der Waals surface area contributed by atoms with Crippen molar-refractivity contribution in [3.63, 3.8) is 0 Å². The molecule has 0 aliphatic carbocycles. The third-order valence-corrected chi connectivity index (χ3v) is 4.66. The quantitative estimate of drug-likeness (QED) is 0.780. The summed E-state index contributed by atoms with van der Waals surface area (Å²) in [6.07, 6.45) is 0. The summed E-state index contributed by atoms with van der Waals surface area (Å²) in [5, 5.41) is 10.6. The molecule has 1 N–H and O–H groups in total. The van der Waals surface area contributed by atoms with Crippen molar-refractivity contribution in [3.8, 4) is 5.88 Å². The second-order valence-electron chi connectivity index (χ2n) is 4.14. The normalized spacial score (nSPS) is 11.8. The minimum Gasteiger partial charge on any atom is -0.494 e. The van der Waals surface area contributed by atoms with Crippen molar-refractivity contribution in [2.45, 2.75) is 4.90 Å². The summed E-state index contributed by atoms with van der Waals surface area (Å²) in [5.74, 6) is -0.287. The summed E-state index contributed by atoms with van der Waals surface area (Å²) < 4.78 is 26.0. The molecule has 0 saturated carbocycles. The highest BCUT2D eigenvalue weighted by atomic mass is 32.2. The van der Waals surface area contributed by atoms with Crippen LogP contribution in [0.25, 0.3) is 10.9 Å². The first-order valence-corrected chi connectivity index (χ1v) is 7.15. The summed E-state index contributed by atoms with van der Waals surface area (Å²) >= 11 is 0. The van der Waals surface area contributed by atoms with E-state index in [0.717, 1.165) is 3.97 Å². The Labute approximate surface area is 110 Å². The largest absolute Gasteiger partial charge is 0.494 e. The van der Waals surface area contributed by atoms with Gasteiger partial charge in [0.1, 0.15) is 0 Å². The van der Waals surface area contributed by atoms with E-state index in [2.05, 4.69) is 0 Å². The van der Waals surface area contributed by atoms with Crippen LogP contribution in [0.5, 0.6) is 5.88 Å². The molecule has 1 aromatic heterocycles. The maximum Gasteiger partial charge on any atom is 0.271 e. The van der Waals surface area contributed by atoms with Gasteiger partial charge in [-0.05, 0) is 18.2 Å². The van der Waals surface area contributed by atoms with Crippen molar-refractivity contribution in [3.05, 3.63) is 60.7 Å². The molecule has 0 fully saturated rings. The summed E-state index contributed by atoms with van der Waals surface area (Å²) in [6, 6.07) is 16.4. The molecule has 96 valence electrons. The van der Waals surface area contributed by atoms with E-state index in [1.807, 2.05) is 0 Å². The zero-order valence-corrected chi connectivity index (χ0v) is 10.7. The van der Waals surface area contributed by atoms with Crippen molar-refractivity contribution >= 4 is 20.9 Å². The fourth-order valence-corrected chi connectivity index (χ4v) is 3.50. The van der Waals surface area contributed by atoms with Gasteiger partial charge in [-0.15, -0.1) is 0 Å². The van der Waals surface area contributed by atoms with Crippen molar-refractivity contribution < 1.29 is 13.5 Å². The maximum atomic E-state index is 12.5. The molecule has 0 bridgehead atoms. The average molecular weight is 273 g/mol. The van der Waals surface area contributed by atoms with Crippen molar-refractivity contribution in [1.82, 2.24) is 3.97 Å². The molecule has 1 heterocycles. The van der Waals surface area contributed by atoms with Gasteiger partial charge in [0, 0.05) is 11.5 Å². The number of aromatic nitrogens is 1. The predicted molar refractivity (Wildman–Crippen MR) is 72.6 cm³/mol. The lowest BCUT2D eigenvalue weighted by atomic mass is 10.3. The second kappa shape index (κ2) is 4.13. The Bertz CT molecular complexity index is 836. The molecule has 0 aliphatic rings. The highest BCUT2D eigenvalue weighted by Crippen LogP contribution is 2.29. The van der Waals surface area contributed by atoms with Gasteiger partial charge >= 0.3 is 0 Å². The van der Waals surface area contributed by atoms with E-state index >= 15 is 0 Å². The van der Waals surface area contributed by atoms with E-state index < -0.39 is 10.0 Å². The molecule has 2 aromatic carbocycles. The minimum absolute atomic E-state index is 0.145. The van der Waals surface area contributed by atoms with Gasteiger partial charge in [0.2, 0.25) is 5.88 Å². The molecule has 5 heteroatoms. The molecular formula is C14H11NO3S. The van der Waals surface area contributed by atoms with Crippen LogP contribution in [0.1, 0.15) is 0 Å². The first-order valence-electron chi connectivity index (χ1n) is 5.71. The van der Waals surface area contributed by atoms with Gasteiger partial charge in [-0.2, -0.15) is 0 Å². The zero-order valence-electron chi connectivity index (χ0n) is 9.89.